The summed E-state index contributed by atoms with van der Waals surface area (Å²) in [5, 5.41) is 11.4. The summed E-state index contributed by atoms with van der Waals surface area (Å²) < 4.78 is 241. The molecule has 22 nitrogen and oxygen atoms in total. The van der Waals surface area contributed by atoms with Crippen molar-refractivity contribution in [2.24, 2.45) is 5.92 Å². The van der Waals surface area contributed by atoms with Crippen LogP contribution in [-0.2, 0) is 92.4 Å². The average Bonchev–Trinajstić information content (AvgIpc) is 1.52. The highest BCUT2D eigenvalue weighted by Gasteiger charge is 2.68. The number of aromatic nitrogens is 5. The fourth-order valence-corrected chi connectivity index (χ4v) is 13.9. The predicted octanol–water partition coefficient (Wildman–Crippen LogP) is 10.5. The number of halogens is 11. The van der Waals surface area contributed by atoms with Gasteiger partial charge in [-0.15, -0.1) is 0 Å². The smallest absolute Gasteiger partial charge is 0.524 e. The normalized spacial score (nSPS) is 16.4. The van der Waals surface area contributed by atoms with E-state index in [-0.39, 0.29) is 67.7 Å². The van der Waals surface area contributed by atoms with E-state index in [0.717, 1.165) is 48.7 Å². The van der Waals surface area contributed by atoms with Gasteiger partial charge in [-0.25, -0.2) is 26.7 Å². The van der Waals surface area contributed by atoms with Crippen molar-refractivity contribution in [2.75, 3.05) is 25.8 Å². The number of sulfone groups is 1. The monoisotopic (exact) mass is 1430 g/mol. The van der Waals surface area contributed by atoms with Crippen LogP contribution in [0.4, 0.5) is 43.9 Å². The number of alkyl halides is 8. The van der Waals surface area contributed by atoms with E-state index >= 15 is 17.6 Å². The standard InChI is InChI=1S/C57H59ClF10N8O14P2S2/c1-9-88-91(80,89-10-2)28-69-52(79)31-17-29(3)47(42(21-31)90-92(81,82)83)53(4,5)24-44(78)76(93(84)85)25-41-46-39(58)14-13-36(49(46)75(72-41)27-55(61,62)63)35-12-11-34(15-16-54(6,7)94(8,86)87)70-48(35)40(20-30-18-32(59)22-33(60)19-30)71-43(77)26-74-51-45(50(73-74)57(66,67)68)37-23-38(37)56(51,64)65/h11-14,17-19,21-22,37-38,40H,9-10,20,23-28H2,1-8H3,(H,69,79)(H,71,77)(H,84,85)(H2,81,82,83)/p-1/t37-,38+,40-/m0/s1. The molecule has 3 aromatic heterocycles. The van der Waals surface area contributed by atoms with Crippen LogP contribution in [-0.4, -0.2) is 110 Å². The summed E-state index contributed by atoms with van der Waals surface area (Å²) in [6, 6.07) is 6.71. The lowest BCUT2D eigenvalue weighted by molar-refractivity contribution is -0.143. The van der Waals surface area contributed by atoms with Crippen molar-refractivity contribution in [3.8, 4) is 28.7 Å². The first-order valence-electron chi connectivity index (χ1n) is 28.0. The Morgan fingerprint density at radius 1 is 0.947 bits per heavy atom. The predicted molar refractivity (Wildman–Crippen MR) is 317 cm³/mol. The molecule has 3 aromatic carbocycles. The number of pyridine rings is 1. The molecular weight excluding hydrogens is 1370 g/mol. The largest absolute Gasteiger partial charge is 0.755 e. The minimum absolute atomic E-state index is 0.0238. The quantitative estimate of drug-likeness (QED) is 0.0189. The number of nitrogens with zero attached hydrogens (tertiary/aromatic N) is 6. The lowest BCUT2D eigenvalue weighted by Gasteiger charge is -2.32. The zero-order valence-corrected chi connectivity index (χ0v) is 54.8. The number of hydrogen-bond donors (Lipinski definition) is 4. The molecule has 0 radical (unpaired) electrons. The van der Waals surface area contributed by atoms with Crippen LogP contribution in [0.1, 0.15) is 127 Å². The molecule has 2 aliphatic rings. The van der Waals surface area contributed by atoms with Crippen LogP contribution in [0, 0.1) is 36.3 Å². The summed E-state index contributed by atoms with van der Waals surface area (Å²) in [7, 11) is -13.4. The highest BCUT2D eigenvalue weighted by molar-refractivity contribution is 7.92. The molecule has 1 unspecified atom stereocenters. The van der Waals surface area contributed by atoms with Crippen molar-refractivity contribution < 1.29 is 108 Å². The molecule has 0 aliphatic heterocycles. The second kappa shape index (κ2) is 26.7. The van der Waals surface area contributed by atoms with E-state index in [1.807, 2.05) is 0 Å². The van der Waals surface area contributed by atoms with E-state index in [2.05, 4.69) is 37.7 Å². The topological polar surface area (TPSA) is 304 Å². The molecule has 3 amide bonds. The number of nitrogens with one attached hydrogen (secondary N) is 2. The van der Waals surface area contributed by atoms with Gasteiger partial charge in [0.05, 0.1) is 59.0 Å². The fourth-order valence-electron chi connectivity index (χ4n) is 11.1. The van der Waals surface area contributed by atoms with Crippen molar-refractivity contribution in [1.82, 2.24) is 39.5 Å². The Hall–Kier alpha value is -6.79. The van der Waals surface area contributed by atoms with Crippen molar-refractivity contribution >= 4 is 76.7 Å². The number of phosphoric acid groups is 1. The minimum atomic E-state index is -5.52. The number of amides is 3. The van der Waals surface area contributed by atoms with Gasteiger partial charge in [-0.1, -0.05) is 37.4 Å². The van der Waals surface area contributed by atoms with Gasteiger partial charge in [0, 0.05) is 63.3 Å². The number of carbonyl (C=O) groups excluding carboxylic acids is 3. The first-order valence-corrected chi connectivity index (χ1v) is 34.6. The Kier molecular flexibility index (Phi) is 20.7. The molecule has 94 heavy (non-hydrogen) atoms. The third-order valence-electron chi connectivity index (χ3n) is 15.3. The zero-order valence-electron chi connectivity index (χ0n) is 50.6. The van der Waals surface area contributed by atoms with Crippen molar-refractivity contribution in [3.05, 3.63) is 128 Å². The van der Waals surface area contributed by atoms with Gasteiger partial charge in [0.15, 0.2) is 15.5 Å². The van der Waals surface area contributed by atoms with E-state index in [1.54, 1.807) is 0 Å². The molecule has 0 saturated heterocycles. The Morgan fingerprint density at radius 3 is 2.15 bits per heavy atom. The van der Waals surface area contributed by atoms with E-state index in [9.17, 15) is 76.8 Å². The highest BCUT2D eigenvalue weighted by Crippen LogP contribution is 2.68. The van der Waals surface area contributed by atoms with Crippen molar-refractivity contribution in [1.29, 1.82) is 0 Å². The van der Waals surface area contributed by atoms with Gasteiger partial charge in [0.1, 0.15) is 52.9 Å². The van der Waals surface area contributed by atoms with Gasteiger partial charge in [0.25, 0.3) is 11.8 Å². The molecule has 4 atom stereocenters. The van der Waals surface area contributed by atoms with Gasteiger partial charge in [-0.3, -0.25) is 46.6 Å². The molecule has 3 heterocycles. The number of carbonyl (C=O) groups is 3. The molecule has 0 bridgehead atoms. The summed E-state index contributed by atoms with van der Waals surface area (Å²) >= 11 is 3.15. The molecule has 37 heteroatoms. The van der Waals surface area contributed by atoms with Crippen molar-refractivity contribution in [2.45, 2.75) is 128 Å². The van der Waals surface area contributed by atoms with Crippen LogP contribution in [0.3, 0.4) is 0 Å². The summed E-state index contributed by atoms with van der Waals surface area (Å²) in [4.78, 5) is 66.9. The third kappa shape index (κ3) is 16.2. The molecule has 4 N–H and O–H groups in total. The number of benzene rings is 3. The molecule has 2 aliphatic carbocycles. The fraction of sp³-hybridized carbons (Fsp3) is 0.439. The average molecular weight is 1430 g/mol. The maximum Gasteiger partial charge on any atom is 0.524 e. The molecule has 0 spiro atoms. The number of aryl methyl sites for hydroxylation is 1. The number of rotatable bonds is 24. The third-order valence-corrected chi connectivity index (χ3v) is 20.5. The van der Waals surface area contributed by atoms with Gasteiger partial charge in [-0.2, -0.15) is 45.3 Å². The number of hydrogen-bond acceptors (Lipinski definition) is 15. The molecular formula is C57H58ClF10N8O14P2S2-. The number of fused-ring (bicyclic) bond motifs is 4. The second-order valence-corrected chi connectivity index (χ2v) is 30.3. The van der Waals surface area contributed by atoms with Crippen LogP contribution in [0.2, 0.25) is 5.02 Å². The van der Waals surface area contributed by atoms with E-state index in [1.165, 1.54) is 54.5 Å². The van der Waals surface area contributed by atoms with Gasteiger partial charge < -0.3 is 28.8 Å². The van der Waals surface area contributed by atoms with Gasteiger partial charge >= 0.3 is 27.8 Å². The minimum Gasteiger partial charge on any atom is -0.755 e. The molecule has 8 rings (SSSR count). The first kappa shape index (κ1) is 73.0. The molecule has 6 aromatic rings. The Labute approximate surface area is 537 Å². The van der Waals surface area contributed by atoms with E-state index in [4.69, 9.17) is 25.2 Å². The molecule has 1 fully saturated rings. The SMILES string of the molecule is CCOP(=O)(CNC(=O)c1cc(C)c(C(C)(C)CC(=O)N(Cc2nn(CC(F)(F)F)c3c(-c4ccc(C#CC(C)(C)S(C)(=O)=O)nc4[C@H](Cc4cc(F)cc(F)c4)NC(=O)Cn4nc(C(F)(F)F)c5c4C(F)(F)[C@@H]4C[C@H]54)ccc(Cl)c23)S(=O)[O-])c(OP(=O)(O)O)c1)OCC. The first-order chi connectivity index (χ1) is 43.3. The zero-order chi connectivity index (χ0) is 70.0. The van der Waals surface area contributed by atoms with Crippen LogP contribution >= 0.6 is 27.0 Å². The van der Waals surface area contributed by atoms with Gasteiger partial charge in [-0.05, 0) is 113 Å². The Balaban J connectivity index is 1.25. The van der Waals surface area contributed by atoms with Crippen LogP contribution < -0.4 is 15.2 Å². The van der Waals surface area contributed by atoms with E-state index in [0.29, 0.717) is 10.7 Å². The van der Waals surface area contributed by atoms with Crippen molar-refractivity contribution in [3.63, 3.8) is 0 Å². The Morgan fingerprint density at radius 2 is 1.57 bits per heavy atom. The highest BCUT2D eigenvalue weighted by atomic mass is 35.5. The summed E-state index contributed by atoms with van der Waals surface area (Å²) in [6.45, 7) is 4.74. The Bertz CT molecular complexity index is 4310. The maximum absolute atomic E-state index is 15.8. The lowest BCUT2D eigenvalue weighted by atomic mass is 9.78. The summed E-state index contributed by atoms with van der Waals surface area (Å²) in [5.41, 5.74) is -8.94. The van der Waals surface area contributed by atoms with Crippen LogP contribution in [0.25, 0.3) is 22.0 Å². The molecule has 1 saturated carbocycles. The summed E-state index contributed by atoms with van der Waals surface area (Å²) in [6.07, 6.45) is -12.2. The molecule has 510 valence electrons. The number of phosphoric ester groups is 1. The van der Waals surface area contributed by atoms with Crippen LogP contribution in [0.5, 0.6) is 5.75 Å². The second-order valence-electron chi connectivity index (χ2n) is 23.2. The maximum atomic E-state index is 15.8. The lowest BCUT2D eigenvalue weighted by Crippen LogP contribution is -2.37. The van der Waals surface area contributed by atoms with Crippen LogP contribution in [0.15, 0.2) is 54.6 Å². The van der Waals surface area contributed by atoms with E-state index < -0.39 is 201 Å². The summed E-state index contributed by atoms with van der Waals surface area (Å²) in [5.74, 6) is -8.28. The van der Waals surface area contributed by atoms with Gasteiger partial charge in [0.2, 0.25) is 11.8 Å².